The lowest BCUT2D eigenvalue weighted by atomic mass is 9.97. The molecule has 1 aliphatic rings. The number of aliphatic hydroxyl groups excluding tert-OH is 1. The van der Waals surface area contributed by atoms with Crippen molar-refractivity contribution >= 4 is 11.6 Å². The highest BCUT2D eigenvalue weighted by Crippen LogP contribution is 2.19. The van der Waals surface area contributed by atoms with Crippen LogP contribution < -0.4 is 10.9 Å². The van der Waals surface area contributed by atoms with Gasteiger partial charge in [0.05, 0.1) is 0 Å². The molecule has 2 heterocycles. The van der Waals surface area contributed by atoms with Gasteiger partial charge in [-0.3, -0.25) is 14.5 Å². The molecule has 28 heavy (non-hydrogen) atoms. The molecule has 0 spiro atoms. The van der Waals surface area contributed by atoms with E-state index < -0.39 is 5.91 Å². The minimum Gasteiger partial charge on any atom is -0.396 e. The number of nitrogens with one attached hydrogen (secondary N) is 2. The first-order valence-corrected chi connectivity index (χ1v) is 9.92. The lowest BCUT2D eigenvalue weighted by molar-refractivity contribution is 0.102. The summed E-state index contributed by atoms with van der Waals surface area (Å²) < 4.78 is 0. The predicted octanol–water partition coefficient (Wildman–Crippen LogP) is 2.95. The molecule has 2 aromatic rings. The third kappa shape index (κ3) is 5.09. The van der Waals surface area contributed by atoms with Crippen LogP contribution >= 0.6 is 0 Å². The Bertz CT molecular complexity index is 850. The number of carbonyl (C=O) groups is 1. The van der Waals surface area contributed by atoms with Gasteiger partial charge in [0.15, 0.2) is 0 Å². The lowest BCUT2D eigenvalue weighted by Crippen LogP contribution is -2.34. The van der Waals surface area contributed by atoms with Crippen molar-refractivity contribution in [2.75, 3.05) is 25.0 Å². The molecule has 1 fully saturated rings. The van der Waals surface area contributed by atoms with E-state index in [4.69, 9.17) is 0 Å². The smallest absolute Gasteiger partial charge is 0.261 e. The summed E-state index contributed by atoms with van der Waals surface area (Å²) in [5.41, 5.74) is 2.51. The van der Waals surface area contributed by atoms with Crippen LogP contribution in [0.4, 0.5) is 5.69 Å². The van der Waals surface area contributed by atoms with Crippen LogP contribution in [0.1, 0.15) is 54.1 Å². The van der Waals surface area contributed by atoms with Crippen molar-refractivity contribution in [1.29, 1.82) is 0 Å². The molecule has 3 rings (SSSR count). The standard InChI is InChI=1S/C22H29N3O3/c1-15(2)18-11-20(21(27)23-12-18)22(28)24-19-5-3-16(4-6-19)13-25-9-7-17(14-26)8-10-25/h3-6,11-12,15,17,26H,7-10,13-14H2,1-2H3,(H,23,27)(H,24,28). The van der Waals surface area contributed by atoms with Crippen molar-refractivity contribution < 1.29 is 9.90 Å². The molecule has 0 aliphatic carbocycles. The van der Waals surface area contributed by atoms with Crippen molar-refractivity contribution in [3.05, 3.63) is 63.6 Å². The number of hydrogen-bond donors (Lipinski definition) is 3. The molecule has 0 saturated carbocycles. The van der Waals surface area contributed by atoms with Gasteiger partial charge in [0, 0.05) is 25.0 Å². The van der Waals surface area contributed by atoms with Gasteiger partial charge < -0.3 is 15.4 Å². The van der Waals surface area contributed by atoms with Crippen LogP contribution in [0.15, 0.2) is 41.3 Å². The molecule has 0 radical (unpaired) electrons. The van der Waals surface area contributed by atoms with Gasteiger partial charge in [0.25, 0.3) is 11.5 Å². The first kappa shape index (κ1) is 20.3. The first-order chi connectivity index (χ1) is 13.5. The summed E-state index contributed by atoms with van der Waals surface area (Å²) in [5, 5.41) is 12.0. The van der Waals surface area contributed by atoms with Gasteiger partial charge in [-0.25, -0.2) is 0 Å². The normalized spacial score (nSPS) is 15.7. The molecule has 1 saturated heterocycles. The number of piperidine rings is 1. The number of hydrogen-bond acceptors (Lipinski definition) is 4. The lowest BCUT2D eigenvalue weighted by Gasteiger charge is -2.31. The molecule has 6 heteroatoms. The number of carbonyl (C=O) groups excluding carboxylic acids is 1. The molecule has 6 nitrogen and oxygen atoms in total. The predicted molar refractivity (Wildman–Crippen MR) is 111 cm³/mol. The molecule has 1 aliphatic heterocycles. The van der Waals surface area contributed by atoms with Crippen LogP contribution in [-0.2, 0) is 6.54 Å². The Hall–Kier alpha value is -2.44. The largest absolute Gasteiger partial charge is 0.396 e. The third-order valence-corrected chi connectivity index (χ3v) is 5.42. The first-order valence-electron chi connectivity index (χ1n) is 9.92. The topological polar surface area (TPSA) is 85.4 Å². The second-order valence-corrected chi connectivity index (χ2v) is 7.88. The van der Waals surface area contributed by atoms with E-state index in [1.807, 2.05) is 38.1 Å². The second kappa shape index (κ2) is 9.17. The van der Waals surface area contributed by atoms with E-state index in [1.54, 1.807) is 12.3 Å². The van der Waals surface area contributed by atoms with Crippen LogP contribution in [-0.4, -0.2) is 40.6 Å². The second-order valence-electron chi connectivity index (χ2n) is 7.88. The maximum Gasteiger partial charge on any atom is 0.261 e. The monoisotopic (exact) mass is 383 g/mol. The summed E-state index contributed by atoms with van der Waals surface area (Å²) in [5.74, 6) is 0.263. The maximum absolute atomic E-state index is 12.5. The number of aromatic nitrogens is 1. The number of H-pyrrole nitrogens is 1. The highest BCUT2D eigenvalue weighted by atomic mass is 16.3. The van der Waals surface area contributed by atoms with Crippen molar-refractivity contribution in [2.45, 2.75) is 39.2 Å². The summed E-state index contributed by atoms with van der Waals surface area (Å²) in [6, 6.07) is 9.40. The average molecular weight is 383 g/mol. The Balaban J connectivity index is 1.61. The van der Waals surface area contributed by atoms with Crippen LogP contribution in [0.25, 0.3) is 0 Å². The van der Waals surface area contributed by atoms with E-state index in [1.165, 1.54) is 5.56 Å². The van der Waals surface area contributed by atoms with E-state index >= 15 is 0 Å². The SMILES string of the molecule is CC(C)c1c[nH]c(=O)c(C(=O)Nc2ccc(CN3CCC(CO)CC3)cc2)c1. The Kier molecular flexibility index (Phi) is 6.65. The van der Waals surface area contributed by atoms with E-state index in [0.29, 0.717) is 11.6 Å². The maximum atomic E-state index is 12.5. The molecule has 150 valence electrons. The number of benzene rings is 1. The zero-order valence-electron chi connectivity index (χ0n) is 16.6. The quantitative estimate of drug-likeness (QED) is 0.716. The third-order valence-electron chi connectivity index (χ3n) is 5.42. The number of rotatable bonds is 6. The van der Waals surface area contributed by atoms with Crippen molar-refractivity contribution in [3.8, 4) is 0 Å². The minimum atomic E-state index is -0.400. The highest BCUT2D eigenvalue weighted by molar-refractivity contribution is 6.04. The summed E-state index contributed by atoms with van der Waals surface area (Å²) >= 11 is 0. The molecule has 3 N–H and O–H groups in total. The van der Waals surface area contributed by atoms with E-state index in [-0.39, 0.29) is 23.6 Å². The molecule has 0 unspecified atom stereocenters. The van der Waals surface area contributed by atoms with Gasteiger partial charge in [0.2, 0.25) is 0 Å². The van der Waals surface area contributed by atoms with Crippen molar-refractivity contribution in [2.24, 2.45) is 5.92 Å². The van der Waals surface area contributed by atoms with E-state index in [2.05, 4.69) is 15.2 Å². The van der Waals surface area contributed by atoms with Crippen LogP contribution in [0.2, 0.25) is 0 Å². The highest BCUT2D eigenvalue weighted by Gasteiger charge is 2.18. The number of aliphatic hydroxyl groups is 1. The van der Waals surface area contributed by atoms with Gasteiger partial charge >= 0.3 is 0 Å². The van der Waals surface area contributed by atoms with Crippen molar-refractivity contribution in [3.63, 3.8) is 0 Å². The molecule has 0 bridgehead atoms. The fourth-order valence-electron chi connectivity index (χ4n) is 3.48. The molecular weight excluding hydrogens is 354 g/mol. The molecule has 1 aromatic carbocycles. The molecule has 0 atom stereocenters. The van der Waals surface area contributed by atoms with Gasteiger partial charge in [-0.1, -0.05) is 26.0 Å². The van der Waals surface area contributed by atoms with Crippen LogP contribution in [0, 0.1) is 5.92 Å². The fraction of sp³-hybridized carbons (Fsp3) is 0.455. The summed E-state index contributed by atoms with van der Waals surface area (Å²) in [6.45, 7) is 7.17. The molecular formula is C22H29N3O3. The Morgan fingerprint density at radius 2 is 1.93 bits per heavy atom. The average Bonchev–Trinajstić information content (AvgIpc) is 2.70. The van der Waals surface area contributed by atoms with Crippen LogP contribution in [0.5, 0.6) is 0 Å². The van der Waals surface area contributed by atoms with E-state index in [9.17, 15) is 14.7 Å². The zero-order chi connectivity index (χ0) is 20.1. The van der Waals surface area contributed by atoms with Gasteiger partial charge in [-0.2, -0.15) is 0 Å². The Labute approximate surface area is 165 Å². The van der Waals surface area contributed by atoms with Crippen molar-refractivity contribution in [1.82, 2.24) is 9.88 Å². The number of anilines is 1. The van der Waals surface area contributed by atoms with Crippen LogP contribution in [0.3, 0.4) is 0 Å². The Morgan fingerprint density at radius 3 is 2.54 bits per heavy atom. The summed E-state index contributed by atoms with van der Waals surface area (Å²) in [4.78, 5) is 29.5. The van der Waals surface area contributed by atoms with Gasteiger partial charge in [-0.05, 0) is 67.1 Å². The fourth-order valence-corrected chi connectivity index (χ4v) is 3.48. The van der Waals surface area contributed by atoms with Gasteiger partial charge in [0.1, 0.15) is 5.56 Å². The number of nitrogens with zero attached hydrogens (tertiary/aromatic N) is 1. The minimum absolute atomic E-state index is 0.127. The zero-order valence-corrected chi connectivity index (χ0v) is 16.6. The summed E-state index contributed by atoms with van der Waals surface area (Å²) in [6.07, 6.45) is 3.73. The number of likely N-dealkylation sites (tertiary alicyclic amines) is 1. The molecule has 1 aromatic heterocycles. The number of aromatic amines is 1. The number of pyridine rings is 1. The van der Waals surface area contributed by atoms with E-state index in [0.717, 1.165) is 38.0 Å². The summed E-state index contributed by atoms with van der Waals surface area (Å²) in [7, 11) is 0. The molecule has 1 amide bonds. The van der Waals surface area contributed by atoms with Gasteiger partial charge in [-0.15, -0.1) is 0 Å². The Morgan fingerprint density at radius 1 is 1.25 bits per heavy atom. The number of amides is 1.